The highest BCUT2D eigenvalue weighted by Crippen LogP contribution is 2.41. The Kier molecular flexibility index (Phi) is 4.79. The lowest BCUT2D eigenvalue weighted by Gasteiger charge is -2.42. The molecule has 0 saturated heterocycles. The SMILES string of the molecule is COCCCC1(N)CCCCC1c1ccccc1. The number of nitrogens with two attached hydrogens (primary N) is 1. The van der Waals surface area contributed by atoms with Gasteiger partial charge < -0.3 is 10.5 Å². The molecule has 1 aromatic rings. The Morgan fingerprint density at radius 1 is 1.28 bits per heavy atom. The van der Waals surface area contributed by atoms with Crippen LogP contribution in [0.3, 0.4) is 0 Å². The molecule has 2 nitrogen and oxygen atoms in total. The van der Waals surface area contributed by atoms with E-state index in [-0.39, 0.29) is 5.54 Å². The van der Waals surface area contributed by atoms with Crippen LogP contribution in [-0.4, -0.2) is 19.3 Å². The van der Waals surface area contributed by atoms with E-state index in [2.05, 4.69) is 30.3 Å². The van der Waals surface area contributed by atoms with E-state index in [4.69, 9.17) is 10.5 Å². The highest BCUT2D eigenvalue weighted by atomic mass is 16.5. The van der Waals surface area contributed by atoms with Gasteiger partial charge in [-0.1, -0.05) is 43.2 Å². The third kappa shape index (κ3) is 3.12. The van der Waals surface area contributed by atoms with Gasteiger partial charge in [-0.3, -0.25) is 0 Å². The fourth-order valence-electron chi connectivity index (χ4n) is 3.29. The molecule has 1 aliphatic carbocycles. The molecule has 1 fully saturated rings. The Balaban J connectivity index is 2.10. The maximum absolute atomic E-state index is 6.72. The molecule has 100 valence electrons. The van der Waals surface area contributed by atoms with Crippen molar-refractivity contribution in [1.82, 2.24) is 0 Å². The normalized spacial score (nSPS) is 28.2. The number of methoxy groups -OCH3 is 1. The molecule has 2 heteroatoms. The second kappa shape index (κ2) is 6.35. The van der Waals surface area contributed by atoms with Crippen molar-refractivity contribution in [2.45, 2.75) is 50.0 Å². The van der Waals surface area contributed by atoms with Crippen LogP contribution < -0.4 is 5.73 Å². The summed E-state index contributed by atoms with van der Waals surface area (Å²) in [4.78, 5) is 0. The number of ether oxygens (including phenoxy) is 1. The first kappa shape index (κ1) is 13.6. The molecule has 18 heavy (non-hydrogen) atoms. The molecule has 0 aromatic heterocycles. The van der Waals surface area contributed by atoms with Gasteiger partial charge in [0.15, 0.2) is 0 Å². The number of rotatable bonds is 5. The van der Waals surface area contributed by atoms with Gasteiger partial charge in [0, 0.05) is 25.2 Å². The summed E-state index contributed by atoms with van der Waals surface area (Å²) in [6.07, 6.45) is 7.09. The minimum Gasteiger partial charge on any atom is -0.385 e. The monoisotopic (exact) mass is 247 g/mol. The number of hydrogen-bond acceptors (Lipinski definition) is 2. The van der Waals surface area contributed by atoms with E-state index in [0.717, 1.165) is 25.9 Å². The van der Waals surface area contributed by atoms with Crippen molar-refractivity contribution in [3.05, 3.63) is 35.9 Å². The fraction of sp³-hybridized carbons (Fsp3) is 0.625. The van der Waals surface area contributed by atoms with Crippen molar-refractivity contribution >= 4 is 0 Å². The fourth-order valence-corrected chi connectivity index (χ4v) is 3.29. The quantitative estimate of drug-likeness (QED) is 0.809. The smallest absolute Gasteiger partial charge is 0.0462 e. The second-order valence-corrected chi connectivity index (χ2v) is 5.54. The van der Waals surface area contributed by atoms with E-state index >= 15 is 0 Å². The maximum Gasteiger partial charge on any atom is 0.0462 e. The van der Waals surface area contributed by atoms with E-state index < -0.39 is 0 Å². The van der Waals surface area contributed by atoms with Crippen molar-refractivity contribution in [3.8, 4) is 0 Å². The molecule has 1 saturated carbocycles. The molecule has 2 N–H and O–H groups in total. The van der Waals surface area contributed by atoms with E-state index in [0.29, 0.717) is 5.92 Å². The first-order valence-electron chi connectivity index (χ1n) is 7.09. The Morgan fingerprint density at radius 3 is 2.78 bits per heavy atom. The molecule has 0 aliphatic heterocycles. The molecule has 0 amide bonds. The molecule has 2 unspecified atom stereocenters. The minimum absolute atomic E-state index is 0.0296. The average Bonchev–Trinajstić information content (AvgIpc) is 2.40. The minimum atomic E-state index is -0.0296. The first-order chi connectivity index (χ1) is 8.76. The summed E-state index contributed by atoms with van der Waals surface area (Å²) in [7, 11) is 1.76. The third-order valence-electron chi connectivity index (χ3n) is 4.27. The van der Waals surface area contributed by atoms with Gasteiger partial charge in [0.25, 0.3) is 0 Å². The molecule has 0 bridgehead atoms. The third-order valence-corrected chi connectivity index (χ3v) is 4.27. The molecule has 1 aliphatic rings. The molecule has 0 heterocycles. The largest absolute Gasteiger partial charge is 0.385 e. The lowest BCUT2D eigenvalue weighted by molar-refractivity contribution is 0.165. The summed E-state index contributed by atoms with van der Waals surface area (Å²) in [6.45, 7) is 0.820. The molecule has 2 atom stereocenters. The van der Waals surface area contributed by atoms with Crippen LogP contribution in [0.5, 0.6) is 0 Å². The van der Waals surface area contributed by atoms with Crippen LogP contribution in [0.1, 0.15) is 50.0 Å². The van der Waals surface area contributed by atoms with Gasteiger partial charge in [-0.25, -0.2) is 0 Å². The van der Waals surface area contributed by atoms with E-state index in [1.807, 2.05) is 0 Å². The van der Waals surface area contributed by atoms with Gasteiger partial charge >= 0.3 is 0 Å². The van der Waals surface area contributed by atoms with Crippen molar-refractivity contribution in [1.29, 1.82) is 0 Å². The van der Waals surface area contributed by atoms with Crippen LogP contribution in [0, 0.1) is 0 Å². The van der Waals surface area contributed by atoms with Gasteiger partial charge in [0.1, 0.15) is 0 Å². The van der Waals surface area contributed by atoms with Crippen LogP contribution in [0.2, 0.25) is 0 Å². The second-order valence-electron chi connectivity index (χ2n) is 5.54. The molecule has 0 radical (unpaired) electrons. The molecule has 1 aromatic carbocycles. The Hall–Kier alpha value is -0.860. The maximum atomic E-state index is 6.72. The van der Waals surface area contributed by atoms with Crippen LogP contribution in [0.25, 0.3) is 0 Å². The average molecular weight is 247 g/mol. The topological polar surface area (TPSA) is 35.2 Å². The van der Waals surface area contributed by atoms with Crippen molar-refractivity contribution in [2.24, 2.45) is 5.73 Å². The van der Waals surface area contributed by atoms with Gasteiger partial charge in [0.05, 0.1) is 0 Å². The van der Waals surface area contributed by atoms with E-state index in [1.165, 1.54) is 24.8 Å². The number of benzene rings is 1. The Labute approximate surface area is 111 Å². The van der Waals surface area contributed by atoms with Crippen LogP contribution in [0.15, 0.2) is 30.3 Å². The summed E-state index contributed by atoms with van der Waals surface area (Å²) in [5.41, 5.74) is 8.10. The summed E-state index contributed by atoms with van der Waals surface area (Å²) < 4.78 is 5.16. The molecular formula is C16H25NO. The van der Waals surface area contributed by atoms with Gasteiger partial charge in [0.2, 0.25) is 0 Å². The van der Waals surface area contributed by atoms with Crippen molar-refractivity contribution in [3.63, 3.8) is 0 Å². The molecule has 0 spiro atoms. The van der Waals surface area contributed by atoms with E-state index in [9.17, 15) is 0 Å². The summed E-state index contributed by atoms with van der Waals surface area (Å²) in [5.74, 6) is 0.518. The Bertz CT molecular complexity index is 351. The molecule has 2 rings (SSSR count). The molecular weight excluding hydrogens is 222 g/mol. The van der Waals surface area contributed by atoms with Crippen molar-refractivity contribution < 1.29 is 4.74 Å². The summed E-state index contributed by atoms with van der Waals surface area (Å²) in [5, 5.41) is 0. The summed E-state index contributed by atoms with van der Waals surface area (Å²) >= 11 is 0. The lowest BCUT2D eigenvalue weighted by atomic mass is 9.68. The standard InChI is InChI=1S/C16H25NO/c1-18-13-7-12-16(17)11-6-5-10-15(16)14-8-3-2-4-9-14/h2-4,8-9,15H,5-7,10-13,17H2,1H3. The zero-order valence-corrected chi connectivity index (χ0v) is 11.4. The van der Waals surface area contributed by atoms with Gasteiger partial charge in [-0.15, -0.1) is 0 Å². The first-order valence-corrected chi connectivity index (χ1v) is 7.09. The van der Waals surface area contributed by atoms with Gasteiger partial charge in [-0.05, 0) is 31.2 Å². The van der Waals surface area contributed by atoms with Crippen LogP contribution >= 0.6 is 0 Å². The van der Waals surface area contributed by atoms with Crippen molar-refractivity contribution in [2.75, 3.05) is 13.7 Å². The highest BCUT2D eigenvalue weighted by Gasteiger charge is 2.37. The highest BCUT2D eigenvalue weighted by molar-refractivity contribution is 5.24. The van der Waals surface area contributed by atoms with Crippen LogP contribution in [0.4, 0.5) is 0 Å². The summed E-state index contributed by atoms with van der Waals surface area (Å²) in [6, 6.07) is 10.8. The lowest BCUT2D eigenvalue weighted by Crippen LogP contribution is -2.48. The zero-order chi connectivity index (χ0) is 12.8. The Morgan fingerprint density at radius 2 is 2.06 bits per heavy atom. The van der Waals surface area contributed by atoms with Gasteiger partial charge in [-0.2, -0.15) is 0 Å². The number of hydrogen-bond donors (Lipinski definition) is 1. The predicted octanol–water partition coefficient (Wildman–Crippen LogP) is 3.47. The van der Waals surface area contributed by atoms with Crippen LogP contribution in [-0.2, 0) is 4.74 Å². The zero-order valence-electron chi connectivity index (χ0n) is 11.4. The van der Waals surface area contributed by atoms with E-state index in [1.54, 1.807) is 7.11 Å². The predicted molar refractivity (Wildman–Crippen MR) is 75.7 cm³/mol.